The normalized spacial score (nSPS) is 10.2. The van der Waals surface area contributed by atoms with Crippen molar-refractivity contribution in [2.24, 2.45) is 0 Å². The van der Waals surface area contributed by atoms with Crippen LogP contribution in [-0.4, -0.2) is 25.6 Å². The summed E-state index contributed by atoms with van der Waals surface area (Å²) in [6.45, 7) is 0. The average Bonchev–Trinajstić information content (AvgIpc) is 2.49. The van der Waals surface area contributed by atoms with Gasteiger partial charge in [0.15, 0.2) is 6.29 Å². The van der Waals surface area contributed by atoms with Gasteiger partial charge < -0.3 is 14.6 Å². The van der Waals surface area contributed by atoms with Crippen molar-refractivity contribution in [2.75, 3.05) is 14.2 Å². The summed E-state index contributed by atoms with van der Waals surface area (Å²) in [5, 5.41) is 10.2. The molecule has 2 rings (SSSR count). The lowest BCUT2D eigenvalue weighted by Crippen LogP contribution is -1.92. The highest BCUT2D eigenvalue weighted by Crippen LogP contribution is 2.41. The minimum absolute atomic E-state index is 0.0437. The second kappa shape index (κ2) is 5.96. The van der Waals surface area contributed by atoms with Crippen molar-refractivity contribution in [3.63, 3.8) is 0 Å². The molecule has 0 fully saturated rings. The standard InChI is InChI=1S/C15H13BrO4/c1-19-10-4-3-9(8-17)12(5-10)13-6-11(20-2)7-14(16)15(13)18/h3-8,18H,1-2H3. The van der Waals surface area contributed by atoms with Gasteiger partial charge in [0.05, 0.1) is 18.7 Å². The molecule has 104 valence electrons. The number of hydrogen-bond acceptors (Lipinski definition) is 4. The Morgan fingerprint density at radius 2 is 1.70 bits per heavy atom. The second-order valence-corrected chi connectivity index (χ2v) is 4.93. The van der Waals surface area contributed by atoms with Gasteiger partial charge >= 0.3 is 0 Å². The summed E-state index contributed by atoms with van der Waals surface area (Å²) < 4.78 is 10.8. The molecule has 0 saturated heterocycles. The molecule has 0 aliphatic heterocycles. The van der Waals surface area contributed by atoms with Crippen molar-refractivity contribution in [3.8, 4) is 28.4 Å². The highest BCUT2D eigenvalue weighted by molar-refractivity contribution is 9.10. The zero-order valence-corrected chi connectivity index (χ0v) is 12.6. The maximum absolute atomic E-state index is 11.2. The van der Waals surface area contributed by atoms with E-state index in [0.29, 0.717) is 32.7 Å². The lowest BCUT2D eigenvalue weighted by molar-refractivity contribution is 0.112. The molecule has 0 aliphatic rings. The van der Waals surface area contributed by atoms with E-state index in [4.69, 9.17) is 9.47 Å². The van der Waals surface area contributed by atoms with Crippen LogP contribution in [0.25, 0.3) is 11.1 Å². The molecule has 0 bridgehead atoms. The van der Waals surface area contributed by atoms with Crippen LogP contribution in [0.5, 0.6) is 17.2 Å². The van der Waals surface area contributed by atoms with Crippen LogP contribution >= 0.6 is 15.9 Å². The Bertz CT molecular complexity index is 653. The fraction of sp³-hybridized carbons (Fsp3) is 0.133. The van der Waals surface area contributed by atoms with Crippen LogP contribution in [-0.2, 0) is 0 Å². The number of aldehydes is 1. The molecule has 0 atom stereocenters. The fourth-order valence-corrected chi connectivity index (χ4v) is 2.33. The Hall–Kier alpha value is -2.01. The first-order valence-corrected chi connectivity index (χ1v) is 6.60. The lowest BCUT2D eigenvalue weighted by atomic mass is 9.99. The van der Waals surface area contributed by atoms with E-state index < -0.39 is 0 Å². The number of hydrogen-bond donors (Lipinski definition) is 1. The number of aromatic hydroxyl groups is 1. The van der Waals surface area contributed by atoms with Crippen LogP contribution in [0.1, 0.15) is 10.4 Å². The molecule has 4 nitrogen and oxygen atoms in total. The molecular weight excluding hydrogens is 324 g/mol. The van der Waals surface area contributed by atoms with Crippen LogP contribution in [0.3, 0.4) is 0 Å². The monoisotopic (exact) mass is 336 g/mol. The Morgan fingerprint density at radius 3 is 2.30 bits per heavy atom. The van der Waals surface area contributed by atoms with Gasteiger partial charge in [0, 0.05) is 11.1 Å². The van der Waals surface area contributed by atoms with Crippen LogP contribution < -0.4 is 9.47 Å². The number of halogens is 1. The summed E-state index contributed by atoms with van der Waals surface area (Å²) in [5.74, 6) is 1.22. The first-order chi connectivity index (χ1) is 9.60. The van der Waals surface area contributed by atoms with Gasteiger partial charge in [0.2, 0.25) is 0 Å². The Kier molecular flexibility index (Phi) is 4.29. The second-order valence-electron chi connectivity index (χ2n) is 4.08. The number of carbonyl (C=O) groups is 1. The van der Waals surface area contributed by atoms with E-state index in [1.807, 2.05) is 0 Å². The first-order valence-electron chi connectivity index (χ1n) is 5.80. The van der Waals surface area contributed by atoms with E-state index in [1.165, 1.54) is 7.11 Å². The van der Waals surface area contributed by atoms with Gasteiger partial charge in [0.25, 0.3) is 0 Å². The minimum Gasteiger partial charge on any atom is -0.506 e. The van der Waals surface area contributed by atoms with Crippen molar-refractivity contribution in [2.45, 2.75) is 0 Å². The van der Waals surface area contributed by atoms with Gasteiger partial charge in [-0.15, -0.1) is 0 Å². The number of rotatable bonds is 4. The van der Waals surface area contributed by atoms with E-state index in [1.54, 1.807) is 37.4 Å². The third-order valence-electron chi connectivity index (χ3n) is 2.95. The third-order valence-corrected chi connectivity index (χ3v) is 3.55. The lowest BCUT2D eigenvalue weighted by Gasteiger charge is -2.12. The van der Waals surface area contributed by atoms with Gasteiger partial charge in [-0.25, -0.2) is 0 Å². The van der Waals surface area contributed by atoms with Gasteiger partial charge in [-0.1, -0.05) is 0 Å². The summed E-state index contributed by atoms with van der Waals surface area (Å²) in [5.41, 5.74) is 1.54. The largest absolute Gasteiger partial charge is 0.506 e. The summed E-state index contributed by atoms with van der Waals surface area (Å²) in [7, 11) is 3.08. The van der Waals surface area contributed by atoms with Gasteiger partial charge in [-0.3, -0.25) is 4.79 Å². The molecular formula is C15H13BrO4. The zero-order chi connectivity index (χ0) is 14.7. The van der Waals surface area contributed by atoms with Crippen molar-refractivity contribution in [1.82, 2.24) is 0 Å². The van der Waals surface area contributed by atoms with E-state index in [-0.39, 0.29) is 5.75 Å². The van der Waals surface area contributed by atoms with E-state index in [9.17, 15) is 9.90 Å². The number of ether oxygens (including phenoxy) is 2. The van der Waals surface area contributed by atoms with E-state index in [2.05, 4.69) is 15.9 Å². The Balaban J connectivity index is 2.72. The smallest absolute Gasteiger partial charge is 0.150 e. The van der Waals surface area contributed by atoms with Crippen molar-refractivity contribution >= 4 is 22.2 Å². The summed E-state index contributed by atoms with van der Waals surface area (Å²) in [4.78, 5) is 11.2. The van der Waals surface area contributed by atoms with Gasteiger partial charge in [0.1, 0.15) is 17.2 Å². The molecule has 0 aromatic heterocycles. The van der Waals surface area contributed by atoms with Crippen molar-refractivity contribution in [1.29, 1.82) is 0 Å². The molecule has 0 amide bonds. The molecule has 0 saturated carbocycles. The molecule has 0 unspecified atom stereocenters. The van der Waals surface area contributed by atoms with Crippen LogP contribution in [0.2, 0.25) is 0 Å². The molecule has 0 radical (unpaired) electrons. The van der Waals surface area contributed by atoms with Gasteiger partial charge in [-0.2, -0.15) is 0 Å². The zero-order valence-electron chi connectivity index (χ0n) is 11.0. The topological polar surface area (TPSA) is 55.8 Å². The Labute approximate surface area is 125 Å². The first kappa shape index (κ1) is 14.4. The van der Waals surface area contributed by atoms with Crippen LogP contribution in [0, 0.1) is 0 Å². The molecule has 2 aromatic rings. The number of phenolic OH excluding ortho intramolecular Hbond substituents is 1. The SMILES string of the molecule is COc1ccc(C=O)c(-c2cc(OC)cc(Br)c2O)c1. The third kappa shape index (κ3) is 2.63. The van der Waals surface area contributed by atoms with Crippen molar-refractivity contribution < 1.29 is 19.4 Å². The maximum Gasteiger partial charge on any atom is 0.150 e. The van der Waals surface area contributed by atoms with Crippen LogP contribution in [0.4, 0.5) is 0 Å². The quantitative estimate of drug-likeness (QED) is 0.866. The maximum atomic E-state index is 11.2. The number of benzene rings is 2. The summed E-state index contributed by atoms with van der Waals surface area (Å²) in [6, 6.07) is 8.36. The molecule has 1 N–H and O–H groups in total. The molecule has 0 aliphatic carbocycles. The van der Waals surface area contributed by atoms with E-state index in [0.717, 1.165) is 6.29 Å². The predicted octanol–water partition coefficient (Wildman–Crippen LogP) is 3.65. The summed E-state index contributed by atoms with van der Waals surface area (Å²) >= 11 is 3.27. The molecule has 5 heteroatoms. The van der Waals surface area contributed by atoms with Crippen molar-refractivity contribution in [3.05, 3.63) is 40.4 Å². The average molecular weight is 337 g/mol. The highest BCUT2D eigenvalue weighted by Gasteiger charge is 2.14. The van der Waals surface area contributed by atoms with E-state index >= 15 is 0 Å². The number of methoxy groups -OCH3 is 2. The van der Waals surface area contributed by atoms with Gasteiger partial charge in [-0.05, 0) is 51.8 Å². The molecule has 2 aromatic carbocycles. The number of carbonyl (C=O) groups excluding carboxylic acids is 1. The molecule has 20 heavy (non-hydrogen) atoms. The predicted molar refractivity (Wildman–Crippen MR) is 79.7 cm³/mol. The molecule has 0 heterocycles. The fourth-order valence-electron chi connectivity index (χ4n) is 1.90. The number of phenols is 1. The highest BCUT2D eigenvalue weighted by atomic mass is 79.9. The van der Waals surface area contributed by atoms with Crippen LogP contribution in [0.15, 0.2) is 34.8 Å². The molecule has 0 spiro atoms. The Morgan fingerprint density at radius 1 is 1.05 bits per heavy atom. The summed E-state index contributed by atoms with van der Waals surface area (Å²) in [6.07, 6.45) is 0.738. The minimum atomic E-state index is 0.0437.